The van der Waals surface area contributed by atoms with Gasteiger partial charge in [0.05, 0.1) is 0 Å². The van der Waals surface area contributed by atoms with Crippen LogP contribution in [0, 0.1) is 12.8 Å². The summed E-state index contributed by atoms with van der Waals surface area (Å²) in [6.07, 6.45) is 11.0. The van der Waals surface area contributed by atoms with Gasteiger partial charge in [-0.1, -0.05) is 86.7 Å². The number of fused-ring (bicyclic) bond motifs is 3. The van der Waals surface area contributed by atoms with E-state index in [-0.39, 0.29) is 0 Å². The summed E-state index contributed by atoms with van der Waals surface area (Å²) in [6.45, 7) is 6.74. The van der Waals surface area contributed by atoms with Crippen molar-refractivity contribution < 1.29 is 0 Å². The highest BCUT2D eigenvalue weighted by molar-refractivity contribution is 6.08. The standard InChI is InChI=1S/C24H26/c1-18(2)10-6-4-5-7-11-20-14-17-24-22(19(20)3)16-15-21-12-8-9-13-23(21)24/h4-9,12-18H,10-11H2,1-3H3/b6-4+,7-5+. The predicted octanol–water partition coefficient (Wildman–Crippen LogP) is 7.00. The summed E-state index contributed by atoms with van der Waals surface area (Å²) in [6, 6.07) is 17.7. The average Bonchev–Trinajstić information content (AvgIpc) is 2.59. The molecule has 0 unspecified atom stereocenters. The molecule has 3 aromatic rings. The molecule has 0 saturated carbocycles. The highest BCUT2D eigenvalue weighted by Gasteiger charge is 2.05. The summed E-state index contributed by atoms with van der Waals surface area (Å²) in [5.41, 5.74) is 2.81. The molecule has 0 bridgehead atoms. The molecule has 0 aromatic heterocycles. The minimum absolute atomic E-state index is 0.729. The lowest BCUT2D eigenvalue weighted by atomic mass is 9.94. The van der Waals surface area contributed by atoms with Crippen molar-refractivity contribution in [2.45, 2.75) is 33.6 Å². The molecule has 0 heterocycles. The third-order valence-corrected chi connectivity index (χ3v) is 4.64. The number of rotatable bonds is 5. The van der Waals surface area contributed by atoms with E-state index in [1.165, 1.54) is 32.7 Å². The van der Waals surface area contributed by atoms with Gasteiger partial charge in [0.25, 0.3) is 0 Å². The first-order valence-electron chi connectivity index (χ1n) is 8.88. The van der Waals surface area contributed by atoms with Crippen LogP contribution in [0.15, 0.2) is 72.8 Å². The van der Waals surface area contributed by atoms with E-state index in [1.807, 2.05) is 0 Å². The van der Waals surface area contributed by atoms with Gasteiger partial charge in [-0.2, -0.15) is 0 Å². The van der Waals surface area contributed by atoms with Crippen LogP contribution < -0.4 is 0 Å². The lowest BCUT2D eigenvalue weighted by Gasteiger charge is -2.10. The third-order valence-electron chi connectivity index (χ3n) is 4.64. The molecular formula is C24H26. The molecule has 0 radical (unpaired) electrons. The summed E-state index contributed by atoms with van der Waals surface area (Å²) < 4.78 is 0. The van der Waals surface area contributed by atoms with E-state index in [0.717, 1.165) is 18.8 Å². The van der Waals surface area contributed by atoms with Gasteiger partial charge in [-0.3, -0.25) is 0 Å². The second-order valence-corrected chi connectivity index (χ2v) is 6.92. The summed E-state index contributed by atoms with van der Waals surface area (Å²) in [5.74, 6) is 0.729. The smallest absolute Gasteiger partial charge is 0.00915 e. The van der Waals surface area contributed by atoms with Crippen molar-refractivity contribution in [3.05, 3.63) is 84.0 Å². The van der Waals surface area contributed by atoms with E-state index in [1.54, 1.807) is 0 Å². The van der Waals surface area contributed by atoms with E-state index in [0.29, 0.717) is 0 Å². The van der Waals surface area contributed by atoms with E-state index < -0.39 is 0 Å². The number of allylic oxidation sites excluding steroid dienone is 4. The molecule has 0 spiro atoms. The number of hydrogen-bond acceptors (Lipinski definition) is 0. The van der Waals surface area contributed by atoms with Crippen molar-refractivity contribution in [2.75, 3.05) is 0 Å². The van der Waals surface area contributed by atoms with Crippen molar-refractivity contribution in [3.8, 4) is 0 Å². The molecule has 0 N–H and O–H groups in total. The fourth-order valence-corrected chi connectivity index (χ4v) is 3.21. The third kappa shape index (κ3) is 3.59. The van der Waals surface area contributed by atoms with Gasteiger partial charge in [0.2, 0.25) is 0 Å². The molecule has 3 rings (SSSR count). The highest BCUT2D eigenvalue weighted by Crippen LogP contribution is 2.29. The van der Waals surface area contributed by atoms with Crippen molar-refractivity contribution in [1.82, 2.24) is 0 Å². The van der Waals surface area contributed by atoms with Crippen molar-refractivity contribution >= 4 is 21.5 Å². The Morgan fingerprint density at radius 2 is 1.54 bits per heavy atom. The van der Waals surface area contributed by atoms with Gasteiger partial charge in [0.1, 0.15) is 0 Å². The maximum absolute atomic E-state index is 2.28. The zero-order chi connectivity index (χ0) is 16.9. The monoisotopic (exact) mass is 314 g/mol. The Bertz CT molecular complexity index is 894. The fourth-order valence-electron chi connectivity index (χ4n) is 3.21. The van der Waals surface area contributed by atoms with Crippen molar-refractivity contribution in [1.29, 1.82) is 0 Å². The van der Waals surface area contributed by atoms with Gasteiger partial charge in [-0.15, -0.1) is 0 Å². The van der Waals surface area contributed by atoms with Gasteiger partial charge in [-0.05, 0) is 58.4 Å². The maximum Gasteiger partial charge on any atom is -0.00915 e. The molecule has 0 nitrogen and oxygen atoms in total. The second kappa shape index (κ2) is 7.49. The zero-order valence-corrected chi connectivity index (χ0v) is 14.9. The van der Waals surface area contributed by atoms with Crippen LogP contribution in [0.4, 0.5) is 0 Å². The molecule has 0 amide bonds. The largest absolute Gasteiger partial charge is 0.0843 e. The van der Waals surface area contributed by atoms with Crippen LogP contribution in [0.5, 0.6) is 0 Å². The molecule has 0 saturated heterocycles. The van der Waals surface area contributed by atoms with Crippen LogP contribution >= 0.6 is 0 Å². The molecule has 122 valence electrons. The molecular weight excluding hydrogens is 288 g/mol. The summed E-state index contributed by atoms with van der Waals surface area (Å²) in [5, 5.41) is 5.38. The molecule has 0 atom stereocenters. The molecule has 24 heavy (non-hydrogen) atoms. The maximum atomic E-state index is 2.28. The van der Waals surface area contributed by atoms with Crippen LogP contribution in [0.25, 0.3) is 21.5 Å². The topological polar surface area (TPSA) is 0 Å². The Kier molecular flexibility index (Phi) is 5.15. The molecule has 0 fully saturated rings. The lowest BCUT2D eigenvalue weighted by molar-refractivity contribution is 0.664. The number of aryl methyl sites for hydroxylation is 1. The van der Waals surface area contributed by atoms with Gasteiger partial charge in [-0.25, -0.2) is 0 Å². The Morgan fingerprint density at radius 3 is 2.38 bits per heavy atom. The minimum atomic E-state index is 0.729. The summed E-state index contributed by atoms with van der Waals surface area (Å²) >= 11 is 0. The van der Waals surface area contributed by atoms with Crippen LogP contribution in [0.2, 0.25) is 0 Å². The Hall–Kier alpha value is -2.34. The quantitative estimate of drug-likeness (QED) is 0.351. The van der Waals surface area contributed by atoms with Gasteiger partial charge in [0, 0.05) is 0 Å². The van der Waals surface area contributed by atoms with E-state index in [9.17, 15) is 0 Å². The minimum Gasteiger partial charge on any atom is -0.0843 e. The van der Waals surface area contributed by atoms with Crippen LogP contribution in [0.1, 0.15) is 31.4 Å². The fraction of sp³-hybridized carbons (Fsp3) is 0.250. The van der Waals surface area contributed by atoms with Gasteiger partial charge in [0.15, 0.2) is 0 Å². The number of hydrogen-bond donors (Lipinski definition) is 0. The normalized spacial score (nSPS) is 12.3. The highest BCUT2D eigenvalue weighted by atomic mass is 14.1. The lowest BCUT2D eigenvalue weighted by Crippen LogP contribution is -1.89. The summed E-state index contributed by atoms with van der Waals surface area (Å²) in [4.78, 5) is 0. The first-order chi connectivity index (χ1) is 11.7. The molecule has 0 aliphatic carbocycles. The van der Waals surface area contributed by atoms with E-state index in [2.05, 4.69) is 93.6 Å². The van der Waals surface area contributed by atoms with Crippen LogP contribution in [-0.2, 0) is 6.42 Å². The summed E-state index contributed by atoms with van der Waals surface area (Å²) in [7, 11) is 0. The van der Waals surface area contributed by atoms with Gasteiger partial charge >= 0.3 is 0 Å². The predicted molar refractivity (Wildman–Crippen MR) is 108 cm³/mol. The second-order valence-electron chi connectivity index (χ2n) is 6.92. The number of benzene rings is 3. The molecule has 0 aliphatic heterocycles. The van der Waals surface area contributed by atoms with E-state index >= 15 is 0 Å². The molecule has 0 aliphatic rings. The van der Waals surface area contributed by atoms with Crippen LogP contribution in [-0.4, -0.2) is 0 Å². The van der Waals surface area contributed by atoms with Gasteiger partial charge < -0.3 is 0 Å². The molecule has 0 heteroatoms. The van der Waals surface area contributed by atoms with Crippen LogP contribution in [0.3, 0.4) is 0 Å². The molecule has 3 aromatic carbocycles. The zero-order valence-electron chi connectivity index (χ0n) is 14.9. The first-order valence-corrected chi connectivity index (χ1v) is 8.88. The Balaban J connectivity index is 1.85. The van der Waals surface area contributed by atoms with E-state index in [4.69, 9.17) is 0 Å². The van der Waals surface area contributed by atoms with Crippen molar-refractivity contribution in [2.24, 2.45) is 5.92 Å². The Labute approximate surface area is 145 Å². The SMILES string of the molecule is Cc1c(C/C=C/C=C/CC(C)C)ccc2c1ccc1ccccc12. The Morgan fingerprint density at radius 1 is 0.792 bits per heavy atom. The van der Waals surface area contributed by atoms with Crippen molar-refractivity contribution in [3.63, 3.8) is 0 Å². The first kappa shape index (κ1) is 16.5. The average molecular weight is 314 g/mol.